The van der Waals surface area contributed by atoms with Crippen molar-refractivity contribution in [3.05, 3.63) is 35.9 Å². The molecule has 0 aromatic heterocycles. The van der Waals surface area contributed by atoms with Gasteiger partial charge in [-0.3, -0.25) is 9.80 Å². The Morgan fingerprint density at radius 1 is 0.944 bits per heavy atom. The van der Waals surface area contributed by atoms with E-state index < -0.39 is 0 Å². The van der Waals surface area contributed by atoms with E-state index in [1.807, 2.05) is 0 Å². The molecule has 0 amide bonds. The molecule has 0 spiro atoms. The third kappa shape index (κ3) is 3.56. The molecule has 1 aromatic carbocycles. The maximum Gasteiger partial charge on any atom is 0.0234 e. The highest BCUT2D eigenvalue weighted by Crippen LogP contribution is 2.13. The summed E-state index contributed by atoms with van der Waals surface area (Å²) >= 11 is 0. The molecule has 0 atom stereocenters. The fraction of sp³-hybridized carbons (Fsp3) is 0.625. The average Bonchev–Trinajstić information content (AvgIpc) is 2.43. The standard InChI is InChI=1S/C16H26N2/c1-3-16(4-2)18-12-10-17(11-13-18)14-15-8-6-5-7-9-15/h5-9,16H,3-4,10-14H2,1-2H3. The van der Waals surface area contributed by atoms with Crippen molar-refractivity contribution in [3.63, 3.8) is 0 Å². The molecular formula is C16H26N2. The molecule has 2 heteroatoms. The Labute approximate surface area is 112 Å². The molecule has 0 aliphatic carbocycles. The molecule has 100 valence electrons. The molecule has 0 unspecified atom stereocenters. The second-order valence-corrected chi connectivity index (χ2v) is 5.27. The number of piperazine rings is 1. The van der Waals surface area contributed by atoms with Gasteiger partial charge in [0.05, 0.1) is 0 Å². The van der Waals surface area contributed by atoms with E-state index in [0.29, 0.717) is 0 Å². The third-order valence-electron chi connectivity index (χ3n) is 4.11. The molecule has 18 heavy (non-hydrogen) atoms. The first-order chi connectivity index (χ1) is 8.83. The number of benzene rings is 1. The first-order valence-corrected chi connectivity index (χ1v) is 7.33. The number of nitrogens with zero attached hydrogens (tertiary/aromatic N) is 2. The van der Waals surface area contributed by atoms with E-state index >= 15 is 0 Å². The Kier molecular flexibility index (Phi) is 5.21. The van der Waals surface area contributed by atoms with Crippen molar-refractivity contribution in [3.8, 4) is 0 Å². The smallest absolute Gasteiger partial charge is 0.0234 e. The van der Waals surface area contributed by atoms with Crippen LogP contribution >= 0.6 is 0 Å². The van der Waals surface area contributed by atoms with Crippen molar-refractivity contribution in [1.82, 2.24) is 9.80 Å². The third-order valence-corrected chi connectivity index (χ3v) is 4.11. The second-order valence-electron chi connectivity index (χ2n) is 5.27. The molecule has 1 fully saturated rings. The van der Waals surface area contributed by atoms with Crippen LogP contribution in [0.1, 0.15) is 32.3 Å². The molecule has 0 N–H and O–H groups in total. The summed E-state index contributed by atoms with van der Waals surface area (Å²) in [6, 6.07) is 11.6. The van der Waals surface area contributed by atoms with E-state index in [1.54, 1.807) is 0 Å². The Balaban J connectivity index is 1.80. The Morgan fingerprint density at radius 2 is 1.56 bits per heavy atom. The summed E-state index contributed by atoms with van der Waals surface area (Å²) in [6.07, 6.45) is 2.57. The van der Waals surface area contributed by atoms with Crippen molar-refractivity contribution in [2.24, 2.45) is 0 Å². The maximum absolute atomic E-state index is 2.67. The van der Waals surface area contributed by atoms with Crippen molar-refractivity contribution >= 4 is 0 Å². The van der Waals surface area contributed by atoms with Crippen LogP contribution in [0.15, 0.2) is 30.3 Å². The summed E-state index contributed by atoms with van der Waals surface area (Å²) < 4.78 is 0. The van der Waals surface area contributed by atoms with Crippen LogP contribution in [0.4, 0.5) is 0 Å². The lowest BCUT2D eigenvalue weighted by Gasteiger charge is -2.38. The molecule has 1 heterocycles. The van der Waals surface area contributed by atoms with E-state index in [2.05, 4.69) is 54.0 Å². The second kappa shape index (κ2) is 6.91. The SMILES string of the molecule is CCC(CC)N1CCN(Cc2ccccc2)CC1. The van der Waals surface area contributed by atoms with E-state index in [0.717, 1.165) is 12.6 Å². The first-order valence-electron chi connectivity index (χ1n) is 7.33. The fourth-order valence-corrected chi connectivity index (χ4v) is 2.93. The van der Waals surface area contributed by atoms with Crippen molar-refractivity contribution in [2.45, 2.75) is 39.3 Å². The summed E-state index contributed by atoms with van der Waals surface area (Å²) in [7, 11) is 0. The van der Waals surface area contributed by atoms with Crippen LogP contribution in [0.25, 0.3) is 0 Å². The van der Waals surface area contributed by atoms with Gasteiger partial charge in [-0.2, -0.15) is 0 Å². The molecule has 1 aliphatic heterocycles. The van der Waals surface area contributed by atoms with Crippen LogP contribution in [-0.4, -0.2) is 42.0 Å². The van der Waals surface area contributed by atoms with Crippen LogP contribution in [0.3, 0.4) is 0 Å². The Morgan fingerprint density at radius 3 is 2.11 bits per heavy atom. The van der Waals surface area contributed by atoms with E-state index in [1.165, 1.54) is 44.6 Å². The Bertz CT molecular complexity index is 324. The predicted molar refractivity (Wildman–Crippen MR) is 77.7 cm³/mol. The van der Waals surface area contributed by atoms with Gasteiger partial charge in [-0.05, 0) is 18.4 Å². The highest BCUT2D eigenvalue weighted by Gasteiger charge is 2.21. The van der Waals surface area contributed by atoms with E-state index in [-0.39, 0.29) is 0 Å². The summed E-state index contributed by atoms with van der Waals surface area (Å²) in [5.74, 6) is 0. The van der Waals surface area contributed by atoms with Gasteiger partial charge in [-0.15, -0.1) is 0 Å². The molecule has 0 radical (unpaired) electrons. The monoisotopic (exact) mass is 246 g/mol. The zero-order valence-corrected chi connectivity index (χ0v) is 11.8. The van der Waals surface area contributed by atoms with Crippen LogP contribution in [-0.2, 0) is 6.54 Å². The lowest BCUT2D eigenvalue weighted by molar-refractivity contribution is 0.0881. The zero-order chi connectivity index (χ0) is 12.8. The molecule has 1 saturated heterocycles. The van der Waals surface area contributed by atoms with Crippen LogP contribution < -0.4 is 0 Å². The van der Waals surface area contributed by atoms with Crippen molar-refractivity contribution in [1.29, 1.82) is 0 Å². The minimum Gasteiger partial charge on any atom is -0.298 e. The summed E-state index contributed by atoms with van der Waals surface area (Å²) in [4.78, 5) is 5.25. The minimum absolute atomic E-state index is 0.795. The van der Waals surface area contributed by atoms with Gasteiger partial charge in [0.1, 0.15) is 0 Å². The predicted octanol–water partition coefficient (Wildman–Crippen LogP) is 2.99. The quantitative estimate of drug-likeness (QED) is 0.788. The van der Waals surface area contributed by atoms with Gasteiger partial charge >= 0.3 is 0 Å². The van der Waals surface area contributed by atoms with Gasteiger partial charge in [0, 0.05) is 38.8 Å². The lowest BCUT2D eigenvalue weighted by Crippen LogP contribution is -2.49. The summed E-state index contributed by atoms with van der Waals surface area (Å²) in [6.45, 7) is 10.6. The van der Waals surface area contributed by atoms with Gasteiger partial charge in [0.2, 0.25) is 0 Å². The van der Waals surface area contributed by atoms with Gasteiger partial charge in [-0.25, -0.2) is 0 Å². The summed E-state index contributed by atoms with van der Waals surface area (Å²) in [5, 5.41) is 0. The maximum atomic E-state index is 2.67. The van der Waals surface area contributed by atoms with Crippen LogP contribution in [0.2, 0.25) is 0 Å². The van der Waals surface area contributed by atoms with Gasteiger partial charge < -0.3 is 0 Å². The van der Waals surface area contributed by atoms with Gasteiger partial charge in [-0.1, -0.05) is 44.2 Å². The van der Waals surface area contributed by atoms with Crippen LogP contribution in [0, 0.1) is 0 Å². The molecule has 0 saturated carbocycles. The fourth-order valence-electron chi connectivity index (χ4n) is 2.93. The van der Waals surface area contributed by atoms with Gasteiger partial charge in [0.15, 0.2) is 0 Å². The van der Waals surface area contributed by atoms with Gasteiger partial charge in [0.25, 0.3) is 0 Å². The van der Waals surface area contributed by atoms with Crippen molar-refractivity contribution < 1.29 is 0 Å². The lowest BCUT2D eigenvalue weighted by atomic mass is 10.1. The van der Waals surface area contributed by atoms with Crippen molar-refractivity contribution in [2.75, 3.05) is 26.2 Å². The summed E-state index contributed by atoms with van der Waals surface area (Å²) in [5.41, 5.74) is 1.44. The number of hydrogen-bond acceptors (Lipinski definition) is 2. The number of hydrogen-bond donors (Lipinski definition) is 0. The molecule has 1 aliphatic rings. The molecule has 0 bridgehead atoms. The molecule has 1 aromatic rings. The number of rotatable bonds is 5. The normalized spacial score (nSPS) is 18.4. The Hall–Kier alpha value is -0.860. The highest BCUT2D eigenvalue weighted by atomic mass is 15.3. The van der Waals surface area contributed by atoms with E-state index in [9.17, 15) is 0 Å². The van der Waals surface area contributed by atoms with E-state index in [4.69, 9.17) is 0 Å². The van der Waals surface area contributed by atoms with Crippen LogP contribution in [0.5, 0.6) is 0 Å². The topological polar surface area (TPSA) is 6.48 Å². The largest absolute Gasteiger partial charge is 0.298 e. The minimum atomic E-state index is 0.795. The average molecular weight is 246 g/mol. The first kappa shape index (κ1) is 13.6. The molecular weight excluding hydrogens is 220 g/mol. The highest BCUT2D eigenvalue weighted by molar-refractivity contribution is 5.14. The molecule has 2 nitrogen and oxygen atoms in total. The zero-order valence-electron chi connectivity index (χ0n) is 11.8. The molecule has 2 rings (SSSR count).